The van der Waals surface area contributed by atoms with Crippen LogP contribution in [-0.2, 0) is 19.8 Å². The van der Waals surface area contributed by atoms with Crippen LogP contribution in [0.2, 0.25) is 0 Å². The minimum absolute atomic E-state index is 0. The summed E-state index contributed by atoms with van der Waals surface area (Å²) < 4.78 is 7.81. The average Bonchev–Trinajstić information content (AvgIpc) is 1.00. The molecule has 0 atom stereocenters. The second-order valence-electron chi connectivity index (χ2n) is 0. The molecule has 0 aromatic heterocycles. The Morgan fingerprint density at radius 2 is 1.20 bits per heavy atom. The molecule has 0 amide bonds. The van der Waals surface area contributed by atoms with Gasteiger partial charge in [0.15, 0.2) is 0 Å². The van der Waals surface area contributed by atoms with E-state index < -0.39 is 0 Å². The molecule has 0 bridgehead atoms. The van der Waals surface area contributed by atoms with Crippen molar-refractivity contribution in [3.63, 3.8) is 0 Å². The first-order valence-electron chi connectivity index (χ1n) is 0.123. The number of hydrogen-bond acceptors (Lipinski definition) is 1. The summed E-state index contributed by atoms with van der Waals surface area (Å²) in [6, 6.07) is 0. The van der Waals surface area contributed by atoms with Gasteiger partial charge in [0.2, 0.25) is 0 Å². The molecular formula is BaCuGdHoO. The second-order valence-corrected chi connectivity index (χ2v) is 0. The van der Waals surface area contributed by atoms with Crippen LogP contribution in [0, 0.1) is 77.7 Å². The van der Waals surface area contributed by atoms with E-state index in [0.29, 0.717) is 0 Å². The predicted octanol–water partition coefficient (Wildman–Crippen LogP) is -0.502. The topological polar surface area (TPSA) is 17.1 Å². The van der Waals surface area contributed by atoms with Crippen molar-refractivity contribution in [1.82, 2.24) is 0 Å². The van der Waals surface area contributed by atoms with Crippen molar-refractivity contribution in [3.8, 4) is 0 Å². The van der Waals surface area contributed by atoms with Gasteiger partial charge in [0.05, 0.1) is 0 Å². The van der Waals surface area contributed by atoms with Crippen LogP contribution < -0.4 is 0 Å². The summed E-state index contributed by atoms with van der Waals surface area (Å²) in [5.41, 5.74) is 0. The van der Waals surface area contributed by atoms with Crippen LogP contribution in [0.3, 0.4) is 0 Å². The molecule has 0 saturated carbocycles. The zero-order chi connectivity index (χ0) is 2.00. The molecule has 0 saturated heterocycles. The monoisotopic (exact) mass is 540 g/mol. The molecule has 0 rings (SSSR count). The number of rotatable bonds is 0. The van der Waals surface area contributed by atoms with Gasteiger partial charge in [-0.25, -0.2) is 0 Å². The molecule has 5 heteroatoms. The summed E-state index contributed by atoms with van der Waals surface area (Å²) in [4.78, 5) is 0. The van der Waals surface area contributed by atoms with Gasteiger partial charge in [-0.3, -0.25) is 0 Å². The molecule has 0 fully saturated rings. The quantitative estimate of drug-likeness (QED) is 0.380. The van der Waals surface area contributed by atoms with E-state index in [4.69, 9.17) is 3.83 Å². The van der Waals surface area contributed by atoms with Gasteiger partial charge in [0.25, 0.3) is 0 Å². The fourth-order valence-electron chi connectivity index (χ4n) is 0. The molecule has 0 N–H and O–H groups in total. The Balaban J connectivity index is -0.00000000167. The van der Waals surface area contributed by atoms with Crippen molar-refractivity contribution in [3.05, 3.63) is 0 Å². The van der Waals surface area contributed by atoms with Crippen molar-refractivity contribution < 1.29 is 97.5 Å². The van der Waals surface area contributed by atoms with Crippen LogP contribution in [0.1, 0.15) is 0 Å². The maximum absolute atomic E-state index is 7.81. The normalized spacial score (nSPS) is 1.20. The molecule has 0 aromatic rings. The zero-order valence-corrected chi connectivity index (χ0v) is 11.7. The Morgan fingerprint density at radius 3 is 1.20 bits per heavy atom. The summed E-state index contributed by atoms with van der Waals surface area (Å²) >= 11 is 2.94. The van der Waals surface area contributed by atoms with E-state index in [-0.39, 0.29) is 127 Å². The molecule has 0 unspecified atom stereocenters. The van der Waals surface area contributed by atoms with E-state index in [9.17, 15) is 0 Å². The van der Waals surface area contributed by atoms with Crippen LogP contribution in [0.5, 0.6) is 0 Å². The van der Waals surface area contributed by atoms with E-state index in [1.807, 2.05) is 0 Å². The van der Waals surface area contributed by atoms with Crippen molar-refractivity contribution in [2.24, 2.45) is 0 Å². The predicted molar refractivity (Wildman–Crippen MR) is 6.44 cm³/mol. The second kappa shape index (κ2) is 23.6. The van der Waals surface area contributed by atoms with Gasteiger partial charge in [-0.05, 0) is 0 Å². The van der Waals surface area contributed by atoms with Gasteiger partial charge in [0.1, 0.15) is 0 Å². The first-order valence-corrected chi connectivity index (χ1v) is 0.508. The van der Waals surface area contributed by atoms with E-state index in [1.54, 1.807) is 0 Å². The van der Waals surface area contributed by atoms with E-state index >= 15 is 0 Å². The number of hydrogen-bond donors (Lipinski definition) is 0. The van der Waals surface area contributed by atoms with Gasteiger partial charge in [0, 0.05) is 127 Å². The molecule has 0 aromatic carbocycles. The first kappa shape index (κ1) is 22.7. The third-order valence-electron chi connectivity index (χ3n) is 0. The fraction of sp³-hybridized carbons (Fsp3) is 0. The Hall–Kier alpha value is 4.48. The molecule has 0 aliphatic carbocycles. The molecule has 0 heterocycles. The maximum atomic E-state index is 7.81. The molecule has 0 spiro atoms. The molecule has 3 radical (unpaired) electrons. The third kappa shape index (κ3) is 17.7. The minimum atomic E-state index is 0. The van der Waals surface area contributed by atoms with Gasteiger partial charge in [-0.15, -0.1) is 0 Å². The van der Waals surface area contributed by atoms with Gasteiger partial charge < -0.3 is 0 Å². The van der Waals surface area contributed by atoms with Crippen LogP contribution in [0.15, 0.2) is 0 Å². The van der Waals surface area contributed by atoms with Crippen LogP contribution in [0.4, 0.5) is 0 Å². The Labute approximate surface area is 142 Å². The Bertz CT molecular complexity index is 11.6. The van der Waals surface area contributed by atoms with Gasteiger partial charge in [-0.1, -0.05) is 0 Å². The van der Waals surface area contributed by atoms with Crippen LogP contribution >= 0.6 is 0 Å². The molecular weight excluding hydrogens is 539 g/mol. The summed E-state index contributed by atoms with van der Waals surface area (Å²) in [5, 5.41) is 0. The first-order chi connectivity index (χ1) is 1.00. The van der Waals surface area contributed by atoms with Crippen molar-refractivity contribution >= 4 is 48.9 Å². The van der Waals surface area contributed by atoms with Crippen LogP contribution in [0.25, 0.3) is 0 Å². The average molecular weight is 539 g/mol. The molecule has 1 nitrogen and oxygen atoms in total. The molecule has 38 valence electrons. The van der Waals surface area contributed by atoms with E-state index in [1.165, 1.54) is 0 Å². The molecule has 0 aliphatic rings. The summed E-state index contributed by atoms with van der Waals surface area (Å²) in [6.45, 7) is 0. The van der Waals surface area contributed by atoms with Gasteiger partial charge in [-0.2, -0.15) is 0 Å². The zero-order valence-electron chi connectivity index (χ0n) is 2.07. The van der Waals surface area contributed by atoms with Crippen molar-refractivity contribution in [2.75, 3.05) is 0 Å². The Kier molecular flexibility index (Phi) is 107. The third-order valence-corrected chi connectivity index (χ3v) is 0. The van der Waals surface area contributed by atoms with Crippen molar-refractivity contribution in [1.29, 1.82) is 0 Å². The summed E-state index contributed by atoms with van der Waals surface area (Å²) in [5.74, 6) is 0. The summed E-state index contributed by atoms with van der Waals surface area (Å²) in [7, 11) is 0. The SMILES string of the molecule is [Ba].[Gd].[Ho].[O]=[Cu]. The van der Waals surface area contributed by atoms with Gasteiger partial charge >= 0.3 is 19.8 Å². The van der Waals surface area contributed by atoms with Crippen molar-refractivity contribution in [2.45, 2.75) is 0 Å². The standard InChI is InChI=1S/Ba.Cu.Gd.Ho.O. The van der Waals surface area contributed by atoms with Crippen LogP contribution in [-0.4, -0.2) is 48.9 Å². The van der Waals surface area contributed by atoms with E-state index in [0.717, 1.165) is 0 Å². The summed E-state index contributed by atoms with van der Waals surface area (Å²) in [6.07, 6.45) is 0. The van der Waals surface area contributed by atoms with E-state index in [2.05, 4.69) is 15.9 Å². The Morgan fingerprint density at radius 1 is 1.20 bits per heavy atom. The molecule has 5 heavy (non-hydrogen) atoms. The molecule has 0 aliphatic heterocycles. The fourth-order valence-corrected chi connectivity index (χ4v) is 0.